The molecule has 0 aliphatic carbocycles. The van der Waals surface area contributed by atoms with Crippen LogP contribution in [0.1, 0.15) is 17.9 Å². The molecule has 3 nitrogen and oxygen atoms in total. The molecule has 1 atom stereocenters. The molecule has 0 spiro atoms. The van der Waals surface area contributed by atoms with Crippen LogP contribution < -0.4 is 0 Å². The van der Waals surface area contributed by atoms with E-state index in [4.69, 9.17) is 0 Å². The van der Waals surface area contributed by atoms with Gasteiger partial charge in [0.05, 0.1) is 6.54 Å². The molecule has 1 fully saturated rings. The Kier molecular flexibility index (Phi) is 2.59. The molecule has 0 aromatic carbocycles. The molecular weight excluding hydrogens is 176 g/mol. The van der Waals surface area contributed by atoms with Gasteiger partial charge < -0.3 is 0 Å². The van der Waals surface area contributed by atoms with Crippen molar-refractivity contribution in [2.75, 3.05) is 20.1 Å². The maximum Gasteiger partial charge on any atom is 0.154 e. The number of Topliss-reactive ketones (excluding diaryl/α,β-unsaturated/α-hetero) is 1. The lowest BCUT2D eigenvalue weighted by Crippen LogP contribution is -2.37. The van der Waals surface area contributed by atoms with E-state index in [0.717, 1.165) is 18.5 Å². The van der Waals surface area contributed by atoms with E-state index in [2.05, 4.69) is 9.88 Å². The molecule has 0 bridgehead atoms. The molecule has 0 saturated carbocycles. The van der Waals surface area contributed by atoms with Crippen molar-refractivity contribution in [1.29, 1.82) is 0 Å². The summed E-state index contributed by atoms with van der Waals surface area (Å²) in [6.07, 6.45) is 4.46. The first kappa shape index (κ1) is 9.34. The smallest absolute Gasteiger partial charge is 0.154 e. The summed E-state index contributed by atoms with van der Waals surface area (Å²) in [6.45, 7) is 1.56. The Labute approximate surface area is 83.8 Å². The van der Waals surface area contributed by atoms with Crippen molar-refractivity contribution < 1.29 is 4.79 Å². The third-order valence-corrected chi connectivity index (χ3v) is 2.70. The summed E-state index contributed by atoms with van der Waals surface area (Å²) in [6, 6.07) is 3.88. The Morgan fingerprint density at radius 3 is 3.07 bits per heavy atom. The third kappa shape index (κ3) is 1.82. The summed E-state index contributed by atoms with van der Waals surface area (Å²) in [5.41, 5.74) is 1.06. The highest BCUT2D eigenvalue weighted by molar-refractivity contribution is 5.88. The number of carbonyl (C=O) groups is 1. The van der Waals surface area contributed by atoms with Gasteiger partial charge in [0.15, 0.2) is 5.78 Å². The van der Waals surface area contributed by atoms with Crippen molar-refractivity contribution in [3.8, 4) is 0 Å². The van der Waals surface area contributed by atoms with E-state index < -0.39 is 0 Å². The van der Waals surface area contributed by atoms with E-state index >= 15 is 0 Å². The van der Waals surface area contributed by atoms with E-state index in [1.807, 2.05) is 19.2 Å². The summed E-state index contributed by atoms with van der Waals surface area (Å²) in [5.74, 6) is 0.381. The fourth-order valence-corrected chi connectivity index (χ4v) is 1.90. The number of likely N-dealkylation sites (N-methyl/N-ethyl adjacent to an activating group) is 1. The van der Waals surface area contributed by atoms with Gasteiger partial charge >= 0.3 is 0 Å². The Hall–Kier alpha value is -1.22. The minimum atomic E-state index is 0.0694. The number of carbonyl (C=O) groups excluding carboxylic acids is 1. The molecule has 3 heteroatoms. The van der Waals surface area contributed by atoms with Crippen LogP contribution in [0.3, 0.4) is 0 Å². The van der Waals surface area contributed by atoms with Crippen LogP contribution in [0.4, 0.5) is 0 Å². The van der Waals surface area contributed by atoms with E-state index in [1.54, 1.807) is 12.4 Å². The number of nitrogens with zero attached hydrogens (tertiary/aromatic N) is 2. The minimum absolute atomic E-state index is 0.0694. The van der Waals surface area contributed by atoms with Gasteiger partial charge in [-0.25, -0.2) is 0 Å². The Balaban J connectivity index is 2.16. The Morgan fingerprint density at radius 2 is 2.43 bits per heavy atom. The van der Waals surface area contributed by atoms with Gasteiger partial charge in [-0.1, -0.05) is 6.07 Å². The van der Waals surface area contributed by atoms with Gasteiger partial charge in [-0.3, -0.25) is 14.7 Å². The van der Waals surface area contributed by atoms with E-state index in [-0.39, 0.29) is 5.92 Å². The number of piperidine rings is 1. The first-order valence-electron chi connectivity index (χ1n) is 4.88. The average Bonchev–Trinajstić information content (AvgIpc) is 2.19. The van der Waals surface area contributed by atoms with Crippen LogP contribution >= 0.6 is 0 Å². The summed E-state index contributed by atoms with van der Waals surface area (Å²) in [4.78, 5) is 17.8. The van der Waals surface area contributed by atoms with Crippen LogP contribution in [-0.2, 0) is 4.79 Å². The van der Waals surface area contributed by atoms with Crippen molar-refractivity contribution >= 4 is 5.78 Å². The normalized spacial score (nSPS) is 23.8. The molecule has 1 aliphatic rings. The van der Waals surface area contributed by atoms with Gasteiger partial charge in [0.25, 0.3) is 0 Å². The number of rotatable bonds is 1. The molecule has 0 radical (unpaired) electrons. The molecule has 1 aliphatic heterocycles. The van der Waals surface area contributed by atoms with Crippen molar-refractivity contribution in [3.05, 3.63) is 30.1 Å². The first-order valence-corrected chi connectivity index (χ1v) is 4.88. The van der Waals surface area contributed by atoms with Crippen LogP contribution in [0.2, 0.25) is 0 Å². The number of hydrogen-bond donors (Lipinski definition) is 0. The van der Waals surface area contributed by atoms with Crippen LogP contribution in [0.25, 0.3) is 0 Å². The van der Waals surface area contributed by atoms with Crippen molar-refractivity contribution in [2.45, 2.75) is 12.3 Å². The molecule has 2 heterocycles. The number of likely N-dealkylation sites (tertiary alicyclic amines) is 1. The van der Waals surface area contributed by atoms with Crippen LogP contribution in [0.5, 0.6) is 0 Å². The standard InChI is InChI=1S/C11H14N2O/c1-13-6-4-10(11(14)8-13)9-3-2-5-12-7-9/h2-3,5,7,10H,4,6,8H2,1H3. The highest BCUT2D eigenvalue weighted by Crippen LogP contribution is 2.23. The van der Waals surface area contributed by atoms with Crippen molar-refractivity contribution in [3.63, 3.8) is 0 Å². The molecular formula is C11H14N2O. The van der Waals surface area contributed by atoms with Crippen molar-refractivity contribution in [1.82, 2.24) is 9.88 Å². The molecule has 1 aromatic rings. The molecule has 74 valence electrons. The van der Waals surface area contributed by atoms with Crippen molar-refractivity contribution in [2.24, 2.45) is 0 Å². The monoisotopic (exact) mass is 190 g/mol. The zero-order chi connectivity index (χ0) is 9.97. The maximum atomic E-state index is 11.7. The molecule has 0 N–H and O–H groups in total. The molecule has 1 unspecified atom stereocenters. The SMILES string of the molecule is CN1CCC(c2cccnc2)C(=O)C1. The quantitative estimate of drug-likeness (QED) is 0.664. The first-order chi connectivity index (χ1) is 6.77. The van der Waals surface area contributed by atoms with Gasteiger partial charge in [0, 0.05) is 18.3 Å². The molecule has 0 amide bonds. The highest BCUT2D eigenvalue weighted by atomic mass is 16.1. The number of aromatic nitrogens is 1. The highest BCUT2D eigenvalue weighted by Gasteiger charge is 2.26. The Bertz CT molecular complexity index is 323. The second-order valence-electron chi connectivity index (χ2n) is 3.83. The van der Waals surface area contributed by atoms with Gasteiger partial charge in [-0.15, -0.1) is 0 Å². The summed E-state index contributed by atoms with van der Waals surface area (Å²) in [7, 11) is 1.98. The summed E-state index contributed by atoms with van der Waals surface area (Å²) < 4.78 is 0. The number of pyridine rings is 1. The predicted octanol–water partition coefficient (Wildman–Crippen LogP) is 1.07. The van der Waals surface area contributed by atoms with Crippen LogP contribution in [0.15, 0.2) is 24.5 Å². The minimum Gasteiger partial charge on any atom is -0.299 e. The Morgan fingerprint density at radius 1 is 1.57 bits per heavy atom. The lowest BCUT2D eigenvalue weighted by Gasteiger charge is -2.27. The van der Waals surface area contributed by atoms with E-state index in [1.165, 1.54) is 0 Å². The summed E-state index contributed by atoms with van der Waals surface area (Å²) in [5, 5.41) is 0. The summed E-state index contributed by atoms with van der Waals surface area (Å²) >= 11 is 0. The van der Waals surface area contributed by atoms with E-state index in [9.17, 15) is 4.79 Å². The maximum absolute atomic E-state index is 11.7. The lowest BCUT2D eigenvalue weighted by atomic mass is 9.90. The van der Waals surface area contributed by atoms with Gasteiger partial charge in [-0.2, -0.15) is 0 Å². The molecule has 1 aromatic heterocycles. The fraction of sp³-hybridized carbons (Fsp3) is 0.455. The largest absolute Gasteiger partial charge is 0.299 e. The second kappa shape index (κ2) is 3.88. The van der Waals surface area contributed by atoms with Crippen LogP contribution in [-0.4, -0.2) is 35.8 Å². The van der Waals surface area contributed by atoms with Gasteiger partial charge in [-0.05, 0) is 31.6 Å². The number of ketones is 1. The lowest BCUT2D eigenvalue weighted by molar-refractivity contribution is -0.123. The van der Waals surface area contributed by atoms with Gasteiger partial charge in [0.2, 0.25) is 0 Å². The van der Waals surface area contributed by atoms with Gasteiger partial charge in [0.1, 0.15) is 0 Å². The molecule has 2 rings (SSSR count). The topological polar surface area (TPSA) is 33.2 Å². The number of hydrogen-bond acceptors (Lipinski definition) is 3. The predicted molar refractivity (Wildman–Crippen MR) is 54.1 cm³/mol. The van der Waals surface area contributed by atoms with Crippen LogP contribution in [0, 0.1) is 0 Å². The second-order valence-corrected chi connectivity index (χ2v) is 3.83. The molecule has 14 heavy (non-hydrogen) atoms. The van der Waals surface area contributed by atoms with E-state index in [0.29, 0.717) is 12.3 Å². The fourth-order valence-electron chi connectivity index (χ4n) is 1.90. The average molecular weight is 190 g/mol. The third-order valence-electron chi connectivity index (χ3n) is 2.70. The zero-order valence-electron chi connectivity index (χ0n) is 8.31. The zero-order valence-corrected chi connectivity index (χ0v) is 8.31. The molecule has 1 saturated heterocycles.